The lowest BCUT2D eigenvalue weighted by Gasteiger charge is -2.51. The first-order chi connectivity index (χ1) is 13.1. The predicted octanol–water partition coefficient (Wildman–Crippen LogP) is 4.58. The van der Waals surface area contributed by atoms with Crippen molar-refractivity contribution >= 4 is 16.6 Å². The Balaban J connectivity index is 1.89. The van der Waals surface area contributed by atoms with Crippen LogP contribution in [0.15, 0.2) is 30.3 Å². The van der Waals surface area contributed by atoms with Gasteiger partial charge in [-0.05, 0) is 51.3 Å². The van der Waals surface area contributed by atoms with E-state index >= 15 is 0 Å². The average molecular weight is 425 g/mol. The molecule has 5 nitrogen and oxygen atoms in total. The molecular weight excluding hydrogens is 388 g/mol. The molecule has 2 aliphatic heterocycles. The molecular formula is C21H36O5Si2. The molecule has 1 aromatic carbocycles. The van der Waals surface area contributed by atoms with Crippen LogP contribution in [0.1, 0.15) is 18.1 Å². The second-order valence-corrected chi connectivity index (χ2v) is 18.7. The van der Waals surface area contributed by atoms with Gasteiger partial charge in [-0.1, -0.05) is 30.3 Å². The minimum absolute atomic E-state index is 0.0345. The molecule has 1 aromatic rings. The third kappa shape index (κ3) is 5.53. The molecule has 0 N–H and O–H groups in total. The SMILES string of the molecule is CO[C@H]1O[C@@H]2CO[C@@H](c3ccccc3)C[C@H]2[C@H](O[Si](C)(C)C)[C@H]1O[Si](C)(C)C. The highest BCUT2D eigenvalue weighted by atomic mass is 28.4. The third-order valence-corrected chi connectivity index (χ3v) is 7.09. The molecule has 7 heteroatoms. The van der Waals surface area contributed by atoms with E-state index in [9.17, 15) is 0 Å². The molecule has 2 aliphatic rings. The lowest BCUT2D eigenvalue weighted by atomic mass is 9.81. The van der Waals surface area contributed by atoms with Crippen LogP contribution in [0, 0.1) is 5.92 Å². The fraction of sp³-hybridized carbons (Fsp3) is 0.714. The molecule has 0 aliphatic carbocycles. The molecule has 158 valence electrons. The van der Waals surface area contributed by atoms with Crippen molar-refractivity contribution in [1.29, 1.82) is 0 Å². The van der Waals surface area contributed by atoms with E-state index < -0.39 is 22.9 Å². The van der Waals surface area contributed by atoms with Crippen LogP contribution in [0.2, 0.25) is 39.3 Å². The van der Waals surface area contributed by atoms with Gasteiger partial charge in [0.2, 0.25) is 0 Å². The Hall–Kier alpha value is -0.546. The number of methoxy groups -OCH3 is 1. The number of hydrogen-bond acceptors (Lipinski definition) is 5. The summed E-state index contributed by atoms with van der Waals surface area (Å²) in [5.74, 6) is 0.221. The van der Waals surface area contributed by atoms with Crippen molar-refractivity contribution in [3.05, 3.63) is 35.9 Å². The molecule has 0 spiro atoms. The lowest BCUT2D eigenvalue weighted by molar-refractivity contribution is -0.295. The van der Waals surface area contributed by atoms with Crippen molar-refractivity contribution in [1.82, 2.24) is 0 Å². The van der Waals surface area contributed by atoms with Crippen molar-refractivity contribution in [2.24, 2.45) is 5.92 Å². The molecule has 0 aromatic heterocycles. The van der Waals surface area contributed by atoms with Crippen LogP contribution in [-0.4, -0.2) is 55.0 Å². The van der Waals surface area contributed by atoms with Crippen molar-refractivity contribution in [2.45, 2.75) is 76.4 Å². The Bertz CT molecular complexity index is 628. The van der Waals surface area contributed by atoms with Crippen LogP contribution in [0.5, 0.6) is 0 Å². The fourth-order valence-corrected chi connectivity index (χ4v) is 6.31. The van der Waals surface area contributed by atoms with E-state index in [0.29, 0.717) is 6.61 Å². The van der Waals surface area contributed by atoms with Gasteiger partial charge in [-0.3, -0.25) is 0 Å². The summed E-state index contributed by atoms with van der Waals surface area (Å²) in [5, 5.41) is 0. The van der Waals surface area contributed by atoms with Crippen LogP contribution < -0.4 is 0 Å². The Morgan fingerprint density at radius 3 is 2.07 bits per heavy atom. The topological polar surface area (TPSA) is 46.2 Å². The van der Waals surface area contributed by atoms with E-state index in [1.54, 1.807) is 7.11 Å². The molecule has 0 saturated carbocycles. The predicted molar refractivity (Wildman–Crippen MR) is 115 cm³/mol. The van der Waals surface area contributed by atoms with Gasteiger partial charge in [0.1, 0.15) is 6.10 Å². The molecule has 0 amide bonds. The molecule has 2 fully saturated rings. The molecule has 0 bridgehead atoms. The van der Waals surface area contributed by atoms with Gasteiger partial charge in [0, 0.05) is 13.0 Å². The molecule has 0 unspecified atom stereocenters. The Labute approximate surface area is 171 Å². The Morgan fingerprint density at radius 2 is 1.50 bits per heavy atom. The minimum atomic E-state index is -1.81. The number of hydrogen-bond donors (Lipinski definition) is 0. The molecule has 3 rings (SSSR count). The first-order valence-corrected chi connectivity index (χ1v) is 17.1. The van der Waals surface area contributed by atoms with E-state index in [4.69, 9.17) is 23.1 Å². The minimum Gasteiger partial charge on any atom is -0.412 e. The number of fused-ring (bicyclic) bond motifs is 1. The Morgan fingerprint density at radius 1 is 0.893 bits per heavy atom. The summed E-state index contributed by atoms with van der Waals surface area (Å²) in [5.41, 5.74) is 1.21. The zero-order valence-electron chi connectivity index (χ0n) is 18.3. The number of ether oxygens (including phenoxy) is 3. The molecule has 28 heavy (non-hydrogen) atoms. The highest BCUT2D eigenvalue weighted by Crippen LogP contribution is 2.42. The van der Waals surface area contributed by atoms with Gasteiger partial charge < -0.3 is 23.1 Å². The van der Waals surface area contributed by atoms with Crippen LogP contribution in [0.4, 0.5) is 0 Å². The van der Waals surface area contributed by atoms with Gasteiger partial charge in [-0.25, -0.2) is 0 Å². The monoisotopic (exact) mass is 424 g/mol. The van der Waals surface area contributed by atoms with E-state index in [2.05, 4.69) is 63.5 Å². The van der Waals surface area contributed by atoms with Crippen LogP contribution >= 0.6 is 0 Å². The smallest absolute Gasteiger partial charge is 0.185 e. The van der Waals surface area contributed by atoms with Crippen LogP contribution in [0.3, 0.4) is 0 Å². The number of rotatable bonds is 6. The van der Waals surface area contributed by atoms with Gasteiger partial charge in [0.15, 0.2) is 22.9 Å². The maximum Gasteiger partial charge on any atom is 0.185 e. The molecule has 2 saturated heterocycles. The average Bonchev–Trinajstić information content (AvgIpc) is 2.61. The summed E-state index contributed by atoms with van der Waals surface area (Å²) in [6.07, 6.45) is 0.215. The first-order valence-electron chi connectivity index (χ1n) is 10.3. The van der Waals surface area contributed by atoms with E-state index in [1.165, 1.54) is 5.56 Å². The van der Waals surface area contributed by atoms with Gasteiger partial charge in [0.05, 0.1) is 24.9 Å². The summed E-state index contributed by atoms with van der Waals surface area (Å²) in [6.45, 7) is 13.9. The van der Waals surface area contributed by atoms with Crippen molar-refractivity contribution in [3.63, 3.8) is 0 Å². The summed E-state index contributed by atoms with van der Waals surface area (Å²) >= 11 is 0. The maximum atomic E-state index is 6.74. The molecule has 0 radical (unpaired) electrons. The second-order valence-electron chi connectivity index (χ2n) is 9.80. The standard InChI is InChI=1S/C21H36O5Si2/c1-22-21-20(26-28(5,6)7)19(25-27(2,3)4)16-13-17(23-14-18(16)24-21)15-11-9-8-10-12-15/h8-12,16-21H,13-14H2,1-7H3/t16-,17-,18-,19+,20-,21+/m1/s1. The highest BCUT2D eigenvalue weighted by molar-refractivity contribution is 6.70. The van der Waals surface area contributed by atoms with Crippen LogP contribution in [0.25, 0.3) is 0 Å². The van der Waals surface area contributed by atoms with Crippen molar-refractivity contribution < 1.29 is 23.1 Å². The second kappa shape index (κ2) is 8.67. The largest absolute Gasteiger partial charge is 0.412 e. The third-order valence-electron chi connectivity index (χ3n) is 5.13. The van der Waals surface area contributed by atoms with E-state index in [-0.39, 0.29) is 30.3 Å². The number of benzene rings is 1. The van der Waals surface area contributed by atoms with Gasteiger partial charge in [-0.15, -0.1) is 0 Å². The zero-order valence-corrected chi connectivity index (χ0v) is 20.3. The summed E-state index contributed by atoms with van der Waals surface area (Å²) in [6, 6.07) is 10.4. The van der Waals surface area contributed by atoms with Gasteiger partial charge in [-0.2, -0.15) is 0 Å². The first kappa shape index (κ1) is 22.1. The maximum absolute atomic E-state index is 6.74. The Kier molecular flexibility index (Phi) is 6.86. The summed E-state index contributed by atoms with van der Waals surface area (Å²) in [4.78, 5) is 0. The van der Waals surface area contributed by atoms with Gasteiger partial charge in [0.25, 0.3) is 0 Å². The quantitative estimate of drug-likeness (QED) is 0.626. The van der Waals surface area contributed by atoms with Crippen molar-refractivity contribution in [2.75, 3.05) is 13.7 Å². The van der Waals surface area contributed by atoms with Crippen molar-refractivity contribution in [3.8, 4) is 0 Å². The van der Waals surface area contributed by atoms with Gasteiger partial charge >= 0.3 is 0 Å². The highest BCUT2D eigenvalue weighted by Gasteiger charge is 2.52. The lowest BCUT2D eigenvalue weighted by Crippen LogP contribution is -2.63. The zero-order chi connectivity index (χ0) is 20.5. The molecule has 6 atom stereocenters. The fourth-order valence-electron chi connectivity index (χ4n) is 4.12. The van der Waals surface area contributed by atoms with Crippen LogP contribution in [-0.2, 0) is 23.1 Å². The van der Waals surface area contributed by atoms with E-state index in [0.717, 1.165) is 6.42 Å². The normalized spacial score (nSPS) is 34.1. The summed E-state index contributed by atoms with van der Waals surface area (Å²) in [7, 11) is -1.92. The van der Waals surface area contributed by atoms with E-state index in [1.807, 2.05) is 6.07 Å². The molecule has 2 heterocycles. The summed E-state index contributed by atoms with van der Waals surface area (Å²) < 4.78 is 31.5.